The second kappa shape index (κ2) is 9.42. The molecule has 1 saturated heterocycles. The van der Waals surface area contributed by atoms with Crippen LogP contribution in [0, 0.1) is 0 Å². The van der Waals surface area contributed by atoms with E-state index in [0.717, 1.165) is 54.3 Å². The molecule has 178 valence electrons. The first kappa shape index (κ1) is 22.3. The monoisotopic (exact) mass is 459 g/mol. The Morgan fingerprint density at radius 1 is 1.06 bits per heavy atom. The number of hydrogen-bond acceptors (Lipinski definition) is 7. The zero-order valence-corrected chi connectivity index (χ0v) is 20.4. The lowest BCUT2D eigenvalue weighted by Crippen LogP contribution is -2.42. The minimum absolute atomic E-state index is 0.327. The third-order valence-corrected chi connectivity index (χ3v) is 6.66. The molecule has 0 bridgehead atoms. The highest BCUT2D eigenvalue weighted by atomic mass is 15.4. The first-order valence-corrected chi connectivity index (χ1v) is 12.0. The Labute approximate surface area is 200 Å². The van der Waals surface area contributed by atoms with Crippen molar-refractivity contribution >= 4 is 17.5 Å². The molecule has 0 spiro atoms. The number of anilines is 2. The van der Waals surface area contributed by atoms with Crippen molar-refractivity contribution in [2.45, 2.75) is 45.2 Å². The normalized spacial score (nSPS) is 15.1. The molecule has 1 aliphatic heterocycles. The van der Waals surface area contributed by atoms with Crippen LogP contribution >= 0.6 is 0 Å². The summed E-state index contributed by atoms with van der Waals surface area (Å²) in [5, 5.41) is 12.6. The number of aromatic nitrogens is 6. The SMILES string of the molecule is CC(C)c1cnn2c(NCc3ccccc3-n3cccn3)nc(N3CCC(N(C)C)CC3)nc12. The zero-order chi connectivity index (χ0) is 23.7. The Kier molecular flexibility index (Phi) is 6.19. The molecule has 4 heterocycles. The van der Waals surface area contributed by atoms with Gasteiger partial charge in [0.05, 0.1) is 11.9 Å². The highest BCUT2D eigenvalue weighted by Crippen LogP contribution is 2.26. The van der Waals surface area contributed by atoms with Gasteiger partial charge in [-0.3, -0.25) is 0 Å². The number of piperidine rings is 1. The number of nitrogens with one attached hydrogen (secondary N) is 1. The number of para-hydroxylation sites is 1. The van der Waals surface area contributed by atoms with Crippen LogP contribution in [-0.4, -0.2) is 67.5 Å². The van der Waals surface area contributed by atoms with Crippen molar-refractivity contribution in [2.75, 3.05) is 37.4 Å². The Morgan fingerprint density at radius 3 is 2.56 bits per heavy atom. The minimum Gasteiger partial charge on any atom is -0.350 e. The number of hydrogen-bond donors (Lipinski definition) is 1. The summed E-state index contributed by atoms with van der Waals surface area (Å²) in [5.41, 5.74) is 4.17. The fourth-order valence-corrected chi connectivity index (χ4v) is 4.60. The van der Waals surface area contributed by atoms with Crippen molar-refractivity contribution < 1.29 is 0 Å². The van der Waals surface area contributed by atoms with Crippen molar-refractivity contribution in [1.29, 1.82) is 0 Å². The minimum atomic E-state index is 0.327. The molecule has 0 unspecified atom stereocenters. The third kappa shape index (κ3) is 4.35. The van der Waals surface area contributed by atoms with Gasteiger partial charge in [-0.25, -0.2) is 4.68 Å². The van der Waals surface area contributed by atoms with Crippen LogP contribution in [0.2, 0.25) is 0 Å². The Bertz CT molecular complexity index is 1230. The lowest BCUT2D eigenvalue weighted by molar-refractivity contribution is 0.249. The fourth-order valence-electron chi connectivity index (χ4n) is 4.60. The van der Waals surface area contributed by atoms with Gasteiger partial charge in [-0.1, -0.05) is 32.0 Å². The van der Waals surface area contributed by atoms with Crippen molar-refractivity contribution in [2.24, 2.45) is 0 Å². The summed E-state index contributed by atoms with van der Waals surface area (Å²) in [6.45, 7) is 6.85. The van der Waals surface area contributed by atoms with Gasteiger partial charge in [0.1, 0.15) is 0 Å². The van der Waals surface area contributed by atoms with E-state index in [1.807, 2.05) is 39.8 Å². The molecule has 1 N–H and O–H groups in total. The molecule has 0 aliphatic carbocycles. The van der Waals surface area contributed by atoms with E-state index in [1.54, 1.807) is 6.20 Å². The summed E-state index contributed by atoms with van der Waals surface area (Å²) in [4.78, 5) is 14.5. The molecule has 5 rings (SSSR count). The second-order valence-corrected chi connectivity index (χ2v) is 9.45. The van der Waals surface area contributed by atoms with Gasteiger partial charge in [0.25, 0.3) is 0 Å². The van der Waals surface area contributed by atoms with Crippen LogP contribution in [0.25, 0.3) is 11.3 Å². The molecular weight excluding hydrogens is 426 g/mol. The van der Waals surface area contributed by atoms with E-state index in [-0.39, 0.29) is 0 Å². The smallest absolute Gasteiger partial charge is 0.230 e. The van der Waals surface area contributed by atoms with Crippen molar-refractivity contribution in [3.05, 3.63) is 60.0 Å². The number of nitrogens with zero attached hydrogens (tertiary/aromatic N) is 8. The number of rotatable bonds is 7. The van der Waals surface area contributed by atoms with Crippen LogP contribution in [0.5, 0.6) is 0 Å². The summed E-state index contributed by atoms with van der Waals surface area (Å²) in [5.74, 6) is 1.81. The highest BCUT2D eigenvalue weighted by Gasteiger charge is 2.24. The van der Waals surface area contributed by atoms with Crippen LogP contribution < -0.4 is 10.2 Å². The van der Waals surface area contributed by atoms with Crippen LogP contribution in [0.3, 0.4) is 0 Å². The Morgan fingerprint density at radius 2 is 1.85 bits per heavy atom. The summed E-state index contributed by atoms with van der Waals surface area (Å²) in [7, 11) is 4.32. The van der Waals surface area contributed by atoms with Crippen LogP contribution in [-0.2, 0) is 6.54 Å². The molecule has 1 fully saturated rings. The Hall–Kier alpha value is -3.46. The summed E-state index contributed by atoms with van der Waals surface area (Å²) >= 11 is 0. The lowest BCUT2D eigenvalue weighted by Gasteiger charge is -2.35. The maximum atomic E-state index is 4.97. The molecule has 34 heavy (non-hydrogen) atoms. The molecule has 0 amide bonds. The third-order valence-electron chi connectivity index (χ3n) is 6.66. The maximum Gasteiger partial charge on any atom is 0.230 e. The predicted molar refractivity (Wildman–Crippen MR) is 135 cm³/mol. The second-order valence-electron chi connectivity index (χ2n) is 9.45. The van der Waals surface area contributed by atoms with Gasteiger partial charge in [-0.15, -0.1) is 0 Å². The molecule has 9 nitrogen and oxygen atoms in total. The van der Waals surface area contributed by atoms with Gasteiger partial charge in [0.15, 0.2) is 5.65 Å². The molecule has 0 atom stereocenters. The Balaban J connectivity index is 1.46. The standard InChI is InChI=1S/C25H33N9/c1-18(2)21-17-28-34-23(21)29-25(32-14-10-20(11-15-32)31(3)4)30-24(34)26-16-19-8-5-6-9-22(19)33-13-7-12-27-33/h5-9,12-13,17-18,20H,10-11,14-16H2,1-4H3,(H,26,29,30). The van der Waals surface area contributed by atoms with Gasteiger partial charge in [0, 0.05) is 43.6 Å². The molecule has 1 aromatic carbocycles. The largest absolute Gasteiger partial charge is 0.350 e. The predicted octanol–water partition coefficient (Wildman–Crippen LogP) is 3.58. The molecule has 1 aliphatic rings. The van der Waals surface area contributed by atoms with Crippen LogP contribution in [0.4, 0.5) is 11.9 Å². The molecule has 0 radical (unpaired) electrons. The van der Waals surface area contributed by atoms with Crippen LogP contribution in [0.15, 0.2) is 48.9 Å². The van der Waals surface area contributed by atoms with Crippen molar-refractivity contribution in [3.8, 4) is 5.69 Å². The molecule has 4 aromatic rings. The first-order chi connectivity index (χ1) is 16.5. The van der Waals surface area contributed by atoms with Crippen LogP contribution in [0.1, 0.15) is 43.7 Å². The summed E-state index contributed by atoms with van der Waals surface area (Å²) in [6.07, 6.45) is 7.88. The molecule has 0 saturated carbocycles. The van der Waals surface area contributed by atoms with E-state index < -0.39 is 0 Å². The van der Waals surface area contributed by atoms with Gasteiger partial charge >= 0.3 is 0 Å². The van der Waals surface area contributed by atoms with E-state index in [2.05, 4.69) is 65.4 Å². The molecule has 3 aromatic heterocycles. The van der Waals surface area contributed by atoms with Gasteiger partial charge < -0.3 is 15.1 Å². The molecular formula is C25H33N9. The molecule has 9 heteroatoms. The van der Waals surface area contributed by atoms with E-state index in [0.29, 0.717) is 24.5 Å². The lowest BCUT2D eigenvalue weighted by atomic mass is 10.0. The average molecular weight is 460 g/mol. The first-order valence-electron chi connectivity index (χ1n) is 12.0. The van der Waals surface area contributed by atoms with E-state index in [1.165, 1.54) is 0 Å². The fraction of sp³-hybridized carbons (Fsp3) is 0.440. The maximum absolute atomic E-state index is 4.97. The van der Waals surface area contributed by atoms with E-state index >= 15 is 0 Å². The summed E-state index contributed by atoms with van der Waals surface area (Å²) in [6, 6.07) is 10.8. The summed E-state index contributed by atoms with van der Waals surface area (Å²) < 4.78 is 3.72. The van der Waals surface area contributed by atoms with E-state index in [9.17, 15) is 0 Å². The zero-order valence-electron chi connectivity index (χ0n) is 20.4. The topological polar surface area (TPSA) is 79.4 Å². The average Bonchev–Trinajstić information content (AvgIpc) is 3.53. The number of benzene rings is 1. The van der Waals surface area contributed by atoms with E-state index in [4.69, 9.17) is 9.97 Å². The number of fused-ring (bicyclic) bond motifs is 1. The van der Waals surface area contributed by atoms with Gasteiger partial charge in [-0.2, -0.15) is 24.7 Å². The quantitative estimate of drug-likeness (QED) is 0.453. The highest BCUT2D eigenvalue weighted by molar-refractivity contribution is 5.56. The van der Waals surface area contributed by atoms with Gasteiger partial charge in [0.2, 0.25) is 11.9 Å². The van der Waals surface area contributed by atoms with Crippen molar-refractivity contribution in [1.82, 2.24) is 34.3 Å². The van der Waals surface area contributed by atoms with Gasteiger partial charge in [-0.05, 0) is 50.6 Å². The van der Waals surface area contributed by atoms with Crippen molar-refractivity contribution in [3.63, 3.8) is 0 Å².